The first kappa shape index (κ1) is 25.5. The van der Waals surface area contributed by atoms with Crippen LogP contribution in [0, 0.1) is 11.3 Å². The van der Waals surface area contributed by atoms with E-state index in [4.69, 9.17) is 4.98 Å². The normalized spacial score (nSPS) is 14.4. The highest BCUT2D eigenvalue weighted by Gasteiger charge is 2.23. The van der Waals surface area contributed by atoms with Crippen LogP contribution in [0.3, 0.4) is 0 Å². The van der Waals surface area contributed by atoms with Crippen LogP contribution in [0.15, 0.2) is 24.3 Å². The Morgan fingerprint density at radius 3 is 2.53 bits per heavy atom. The zero-order valence-corrected chi connectivity index (χ0v) is 21.1. The number of nitrogens with one attached hydrogen (secondary N) is 2. The third-order valence-corrected chi connectivity index (χ3v) is 6.39. The van der Waals surface area contributed by atoms with Crippen molar-refractivity contribution in [2.45, 2.75) is 59.4 Å². The Bertz CT molecular complexity index is 1010. The number of amides is 1. The smallest absolute Gasteiger partial charge is 0.221 e. The highest BCUT2D eigenvalue weighted by Crippen LogP contribution is 2.32. The minimum atomic E-state index is -0.0868. The lowest BCUT2D eigenvalue weighted by Crippen LogP contribution is -2.31. The first-order valence-electron chi connectivity index (χ1n) is 12.5. The van der Waals surface area contributed by atoms with Crippen molar-refractivity contribution in [3.05, 3.63) is 46.5 Å². The Labute approximate surface area is 204 Å². The topological polar surface area (TPSA) is 84.3 Å². The molecule has 1 fully saturated rings. The van der Waals surface area contributed by atoms with Crippen molar-refractivity contribution in [2.24, 2.45) is 0 Å². The largest absolute Gasteiger partial charge is 0.365 e. The van der Waals surface area contributed by atoms with Crippen molar-refractivity contribution in [1.29, 1.82) is 5.26 Å². The minimum Gasteiger partial charge on any atom is -0.365 e. The number of rotatable bonds is 9. The van der Waals surface area contributed by atoms with Crippen LogP contribution in [0.5, 0.6) is 0 Å². The first-order chi connectivity index (χ1) is 16.5. The molecule has 0 aliphatic carbocycles. The Balaban J connectivity index is 1.94. The molecule has 0 bridgehead atoms. The fourth-order valence-corrected chi connectivity index (χ4v) is 4.53. The second-order valence-electron chi connectivity index (χ2n) is 9.06. The molecule has 34 heavy (non-hydrogen) atoms. The first-order valence-corrected chi connectivity index (χ1v) is 12.5. The molecule has 2 N–H and O–H groups in total. The highest BCUT2D eigenvalue weighted by atomic mass is 16.1. The van der Waals surface area contributed by atoms with Crippen molar-refractivity contribution < 1.29 is 4.79 Å². The van der Waals surface area contributed by atoms with E-state index in [2.05, 4.69) is 47.4 Å². The van der Waals surface area contributed by atoms with Gasteiger partial charge in [0.15, 0.2) is 0 Å². The molecule has 1 aromatic carbocycles. The van der Waals surface area contributed by atoms with Gasteiger partial charge in [-0.1, -0.05) is 32.4 Å². The number of nitriles is 1. The van der Waals surface area contributed by atoms with Gasteiger partial charge in [-0.3, -0.25) is 4.79 Å². The fraction of sp³-hybridized carbons (Fsp3) is 0.519. The molecule has 3 rings (SSSR count). The lowest BCUT2D eigenvalue weighted by molar-refractivity contribution is -0.114. The molecule has 1 aromatic heterocycles. The summed E-state index contributed by atoms with van der Waals surface area (Å²) < 4.78 is 0. The van der Waals surface area contributed by atoms with Crippen molar-refractivity contribution in [1.82, 2.24) is 9.88 Å². The molecule has 0 atom stereocenters. The lowest BCUT2D eigenvalue weighted by Gasteiger charge is -2.27. The molecule has 1 aliphatic rings. The number of pyridine rings is 1. The Morgan fingerprint density at radius 1 is 1.12 bits per heavy atom. The monoisotopic (exact) mass is 462 g/mol. The lowest BCUT2D eigenvalue weighted by atomic mass is 9.96. The van der Waals surface area contributed by atoms with Crippen molar-refractivity contribution >= 4 is 23.2 Å². The molecule has 1 aliphatic heterocycles. The molecular weight excluding hydrogens is 424 g/mol. The summed E-state index contributed by atoms with van der Waals surface area (Å²) >= 11 is 0. The van der Waals surface area contributed by atoms with Gasteiger partial charge in [0.2, 0.25) is 5.91 Å². The van der Waals surface area contributed by atoms with Gasteiger partial charge in [0.25, 0.3) is 0 Å². The summed E-state index contributed by atoms with van der Waals surface area (Å²) in [6.45, 7) is 10.4. The number of unbranched alkanes of at least 4 members (excludes halogenated alkanes) is 1. The maximum Gasteiger partial charge on any atom is 0.221 e. The number of likely N-dealkylation sites (N-methyl/N-ethyl adjacent to an activating group) is 1. The standard InChI is InChI=1S/C27H38N6O/c1-5-7-9-24-23(6-2)25(18-28)26(31-27(24)33-15-8-14-32(4)16-17-33)29-19-21-10-12-22(13-11-21)30-20(3)34/h10-13H,5-9,14-17,19H2,1-4H3,(H,29,31)(H,30,34). The minimum absolute atomic E-state index is 0.0868. The molecule has 2 aromatic rings. The third kappa shape index (κ3) is 6.48. The van der Waals surface area contributed by atoms with Gasteiger partial charge in [-0.15, -0.1) is 0 Å². The summed E-state index contributed by atoms with van der Waals surface area (Å²) in [6.07, 6.45) is 5.07. The SMILES string of the molecule is CCCCc1c(N2CCCN(C)CC2)nc(NCc2ccc(NC(C)=O)cc2)c(C#N)c1CC. The maximum atomic E-state index is 11.3. The van der Waals surface area contributed by atoms with Crippen LogP contribution in [0.4, 0.5) is 17.3 Å². The summed E-state index contributed by atoms with van der Waals surface area (Å²) in [7, 11) is 2.18. The van der Waals surface area contributed by atoms with E-state index in [0.29, 0.717) is 17.9 Å². The predicted molar refractivity (Wildman–Crippen MR) is 139 cm³/mol. The average Bonchev–Trinajstić information content (AvgIpc) is 3.05. The van der Waals surface area contributed by atoms with Gasteiger partial charge in [0.1, 0.15) is 17.7 Å². The van der Waals surface area contributed by atoms with Gasteiger partial charge < -0.3 is 20.4 Å². The van der Waals surface area contributed by atoms with Crippen LogP contribution >= 0.6 is 0 Å². The predicted octanol–water partition coefficient (Wildman–Crippen LogP) is 4.57. The number of aromatic nitrogens is 1. The van der Waals surface area contributed by atoms with E-state index in [-0.39, 0.29) is 5.91 Å². The summed E-state index contributed by atoms with van der Waals surface area (Å²) in [5.41, 5.74) is 4.87. The summed E-state index contributed by atoms with van der Waals surface area (Å²) in [6, 6.07) is 10.2. The molecule has 1 amide bonds. The molecule has 182 valence electrons. The van der Waals surface area contributed by atoms with Crippen LogP contribution in [0.1, 0.15) is 62.3 Å². The third-order valence-electron chi connectivity index (χ3n) is 6.39. The zero-order chi connectivity index (χ0) is 24.5. The van der Waals surface area contributed by atoms with E-state index in [1.165, 1.54) is 12.5 Å². The quantitative estimate of drug-likeness (QED) is 0.568. The van der Waals surface area contributed by atoms with Gasteiger partial charge in [-0.2, -0.15) is 5.26 Å². The van der Waals surface area contributed by atoms with E-state index >= 15 is 0 Å². The molecule has 7 nitrogen and oxygen atoms in total. The van der Waals surface area contributed by atoms with E-state index in [9.17, 15) is 10.1 Å². The van der Waals surface area contributed by atoms with E-state index in [0.717, 1.165) is 80.9 Å². The molecule has 0 saturated carbocycles. The maximum absolute atomic E-state index is 11.3. The number of hydrogen-bond donors (Lipinski definition) is 2. The van der Waals surface area contributed by atoms with Crippen molar-refractivity contribution in [3.63, 3.8) is 0 Å². The van der Waals surface area contributed by atoms with Crippen LogP contribution in [0.2, 0.25) is 0 Å². The fourth-order valence-electron chi connectivity index (χ4n) is 4.53. The Morgan fingerprint density at radius 2 is 1.88 bits per heavy atom. The zero-order valence-electron chi connectivity index (χ0n) is 21.1. The summed E-state index contributed by atoms with van der Waals surface area (Å²) in [5, 5.41) is 16.3. The van der Waals surface area contributed by atoms with Crippen LogP contribution in [0.25, 0.3) is 0 Å². The van der Waals surface area contributed by atoms with Crippen LogP contribution < -0.4 is 15.5 Å². The van der Waals surface area contributed by atoms with Crippen LogP contribution in [-0.2, 0) is 24.2 Å². The Kier molecular flexibility index (Phi) is 9.29. The number of carbonyl (C=O) groups excluding carboxylic acids is 1. The molecule has 2 heterocycles. The Hall–Kier alpha value is -3.11. The number of anilines is 3. The summed E-state index contributed by atoms with van der Waals surface area (Å²) in [5.74, 6) is 1.62. The number of carbonyl (C=O) groups is 1. The molecule has 0 unspecified atom stereocenters. The average molecular weight is 463 g/mol. The van der Waals surface area contributed by atoms with Gasteiger partial charge in [-0.25, -0.2) is 4.98 Å². The second-order valence-corrected chi connectivity index (χ2v) is 9.06. The van der Waals surface area contributed by atoms with E-state index in [1.54, 1.807) is 0 Å². The molecular formula is C27H38N6O. The number of nitrogens with zero attached hydrogens (tertiary/aromatic N) is 4. The second kappa shape index (κ2) is 12.4. The summed E-state index contributed by atoms with van der Waals surface area (Å²) in [4.78, 5) is 21.1. The van der Waals surface area contributed by atoms with E-state index < -0.39 is 0 Å². The number of hydrogen-bond acceptors (Lipinski definition) is 6. The molecule has 0 radical (unpaired) electrons. The van der Waals surface area contributed by atoms with Gasteiger partial charge in [-0.05, 0) is 68.1 Å². The molecule has 7 heteroatoms. The van der Waals surface area contributed by atoms with Gasteiger partial charge >= 0.3 is 0 Å². The van der Waals surface area contributed by atoms with Gasteiger partial charge in [0, 0.05) is 38.8 Å². The van der Waals surface area contributed by atoms with Crippen LogP contribution in [-0.4, -0.2) is 49.0 Å². The van der Waals surface area contributed by atoms with Crippen molar-refractivity contribution in [2.75, 3.05) is 48.8 Å². The molecule has 1 saturated heterocycles. The van der Waals surface area contributed by atoms with Crippen molar-refractivity contribution in [3.8, 4) is 6.07 Å². The van der Waals surface area contributed by atoms with E-state index in [1.807, 2.05) is 24.3 Å². The number of benzene rings is 1. The van der Waals surface area contributed by atoms with Gasteiger partial charge in [0.05, 0.1) is 5.56 Å². The highest BCUT2D eigenvalue weighted by molar-refractivity contribution is 5.88. The molecule has 0 spiro atoms.